The molecule has 0 radical (unpaired) electrons. The highest BCUT2D eigenvalue weighted by molar-refractivity contribution is 7.89. The van der Waals surface area contributed by atoms with Crippen molar-refractivity contribution in [2.24, 2.45) is 5.92 Å². The third-order valence-electron chi connectivity index (χ3n) is 6.12. The van der Waals surface area contributed by atoms with Gasteiger partial charge in [0.2, 0.25) is 15.9 Å². The Morgan fingerprint density at radius 2 is 1.83 bits per heavy atom. The van der Waals surface area contributed by atoms with Crippen molar-refractivity contribution in [3.63, 3.8) is 0 Å². The number of hydrogen-bond donors (Lipinski definition) is 1. The topological polar surface area (TPSA) is 66.5 Å². The number of nitrogens with one attached hydrogen (secondary N) is 1. The second-order valence-corrected chi connectivity index (χ2v) is 10.1. The number of piperidine rings is 1. The van der Waals surface area contributed by atoms with Crippen molar-refractivity contribution in [1.82, 2.24) is 9.62 Å². The monoisotopic (exact) mass is 412 g/mol. The zero-order valence-corrected chi connectivity index (χ0v) is 17.6. The first-order valence-corrected chi connectivity index (χ1v) is 11.9. The lowest BCUT2D eigenvalue weighted by Gasteiger charge is -2.32. The van der Waals surface area contributed by atoms with Gasteiger partial charge in [-0.2, -0.15) is 4.31 Å². The van der Waals surface area contributed by atoms with Crippen LogP contribution in [0.25, 0.3) is 0 Å². The van der Waals surface area contributed by atoms with E-state index in [1.807, 2.05) is 6.92 Å². The van der Waals surface area contributed by atoms with E-state index in [1.165, 1.54) is 21.9 Å². The molecule has 2 aromatic carbocycles. The summed E-state index contributed by atoms with van der Waals surface area (Å²) < 4.78 is 27.3. The molecule has 2 aliphatic rings. The lowest BCUT2D eigenvalue weighted by Crippen LogP contribution is -2.45. The van der Waals surface area contributed by atoms with Crippen LogP contribution in [0.15, 0.2) is 53.4 Å². The van der Waals surface area contributed by atoms with Crippen LogP contribution in [0.5, 0.6) is 0 Å². The summed E-state index contributed by atoms with van der Waals surface area (Å²) in [5.41, 5.74) is 3.92. The molecule has 1 saturated heterocycles. The summed E-state index contributed by atoms with van der Waals surface area (Å²) in [5, 5.41) is 3.11. The Hall–Kier alpha value is -2.18. The molecule has 0 aromatic heterocycles. The number of amides is 1. The first kappa shape index (κ1) is 20.1. The van der Waals surface area contributed by atoms with Crippen LogP contribution in [-0.2, 0) is 27.7 Å². The smallest absolute Gasteiger partial charge is 0.243 e. The molecule has 2 aromatic rings. The lowest BCUT2D eigenvalue weighted by atomic mass is 9.97. The Labute approximate surface area is 173 Å². The van der Waals surface area contributed by atoms with Gasteiger partial charge in [-0.1, -0.05) is 36.4 Å². The Kier molecular flexibility index (Phi) is 5.74. The predicted molar refractivity (Wildman–Crippen MR) is 113 cm³/mol. The fourth-order valence-corrected chi connectivity index (χ4v) is 5.94. The number of sulfonamides is 1. The molecular weight excluding hydrogens is 384 g/mol. The molecule has 6 heteroatoms. The minimum atomic E-state index is -3.56. The number of hydrogen-bond acceptors (Lipinski definition) is 3. The maximum absolute atomic E-state index is 12.9. The van der Waals surface area contributed by atoms with E-state index in [1.54, 1.807) is 30.3 Å². The number of nitrogens with zero attached hydrogens (tertiary/aromatic N) is 1. The molecule has 5 nitrogen and oxygen atoms in total. The van der Waals surface area contributed by atoms with Gasteiger partial charge in [0.25, 0.3) is 0 Å². The number of carbonyl (C=O) groups excluding carboxylic acids is 1. The van der Waals surface area contributed by atoms with Crippen LogP contribution < -0.4 is 5.32 Å². The molecule has 29 heavy (non-hydrogen) atoms. The predicted octanol–water partition coefficient (Wildman–Crippen LogP) is 3.45. The van der Waals surface area contributed by atoms with Crippen LogP contribution in [0, 0.1) is 5.92 Å². The molecule has 1 aliphatic carbocycles. The van der Waals surface area contributed by atoms with Gasteiger partial charge in [0.1, 0.15) is 0 Å². The van der Waals surface area contributed by atoms with Gasteiger partial charge in [0.15, 0.2) is 0 Å². The standard InChI is InChI=1S/C23H28N2O3S/c1-17(19-13-12-18-7-5-8-20(18)15-19)24-23(26)21-9-6-14-25(16-21)29(27,28)22-10-3-2-4-11-22/h2-4,10-13,15,17,21H,5-9,14,16H2,1H3,(H,24,26)/t17-,21-/m0/s1. The highest BCUT2D eigenvalue weighted by Gasteiger charge is 2.33. The summed E-state index contributed by atoms with van der Waals surface area (Å²) in [4.78, 5) is 13.2. The third kappa shape index (κ3) is 4.23. The molecular formula is C23H28N2O3S. The van der Waals surface area contributed by atoms with Gasteiger partial charge in [-0.05, 0) is 67.9 Å². The van der Waals surface area contributed by atoms with Crippen LogP contribution in [0.2, 0.25) is 0 Å². The van der Waals surface area contributed by atoms with Gasteiger partial charge in [-0.15, -0.1) is 0 Å². The van der Waals surface area contributed by atoms with Gasteiger partial charge in [0.05, 0.1) is 16.9 Å². The molecule has 1 amide bonds. The minimum absolute atomic E-state index is 0.0639. The van der Waals surface area contributed by atoms with Gasteiger partial charge in [-0.25, -0.2) is 8.42 Å². The molecule has 2 atom stereocenters. The number of carbonyl (C=O) groups is 1. The van der Waals surface area contributed by atoms with E-state index in [9.17, 15) is 13.2 Å². The molecule has 1 aliphatic heterocycles. The summed E-state index contributed by atoms with van der Waals surface area (Å²) in [6.07, 6.45) is 4.86. The Bertz CT molecular complexity index is 988. The number of aryl methyl sites for hydroxylation is 2. The van der Waals surface area contributed by atoms with E-state index in [4.69, 9.17) is 0 Å². The molecule has 0 unspecified atom stereocenters. The van der Waals surface area contributed by atoms with Crippen molar-refractivity contribution < 1.29 is 13.2 Å². The summed E-state index contributed by atoms with van der Waals surface area (Å²) in [6, 6.07) is 14.8. The van der Waals surface area contributed by atoms with Crippen LogP contribution in [0.1, 0.15) is 48.9 Å². The molecule has 0 spiro atoms. The zero-order valence-electron chi connectivity index (χ0n) is 16.8. The second-order valence-electron chi connectivity index (χ2n) is 8.13. The SMILES string of the molecule is C[C@H](NC(=O)[C@H]1CCCN(S(=O)(=O)c2ccccc2)C1)c1ccc2c(c1)CCC2. The van der Waals surface area contributed by atoms with Crippen molar-refractivity contribution in [2.75, 3.05) is 13.1 Å². The average Bonchev–Trinajstić information content (AvgIpc) is 3.22. The highest BCUT2D eigenvalue weighted by atomic mass is 32.2. The number of fused-ring (bicyclic) bond motifs is 1. The van der Waals surface area contributed by atoms with E-state index in [0.717, 1.165) is 18.4 Å². The third-order valence-corrected chi connectivity index (χ3v) is 8.00. The van der Waals surface area contributed by atoms with E-state index in [2.05, 4.69) is 23.5 Å². The lowest BCUT2D eigenvalue weighted by molar-refractivity contribution is -0.126. The van der Waals surface area contributed by atoms with E-state index in [0.29, 0.717) is 19.4 Å². The number of rotatable bonds is 5. The zero-order chi connectivity index (χ0) is 20.4. The molecule has 1 heterocycles. The summed E-state index contributed by atoms with van der Waals surface area (Å²) in [6.45, 7) is 2.69. The van der Waals surface area contributed by atoms with Crippen molar-refractivity contribution in [3.05, 3.63) is 65.2 Å². The normalized spacial score (nSPS) is 20.8. The van der Waals surface area contributed by atoms with Gasteiger partial charge in [-0.3, -0.25) is 4.79 Å². The van der Waals surface area contributed by atoms with E-state index < -0.39 is 10.0 Å². The largest absolute Gasteiger partial charge is 0.349 e. The van der Waals surface area contributed by atoms with E-state index >= 15 is 0 Å². The van der Waals surface area contributed by atoms with Crippen LogP contribution in [-0.4, -0.2) is 31.7 Å². The van der Waals surface area contributed by atoms with Crippen LogP contribution >= 0.6 is 0 Å². The number of benzene rings is 2. The molecule has 1 fully saturated rings. The fraction of sp³-hybridized carbons (Fsp3) is 0.435. The average molecular weight is 413 g/mol. The minimum Gasteiger partial charge on any atom is -0.349 e. The second kappa shape index (κ2) is 8.28. The van der Waals surface area contributed by atoms with Gasteiger partial charge < -0.3 is 5.32 Å². The summed E-state index contributed by atoms with van der Waals surface area (Å²) in [5.74, 6) is -0.384. The Balaban J connectivity index is 1.42. The highest BCUT2D eigenvalue weighted by Crippen LogP contribution is 2.27. The van der Waals surface area contributed by atoms with Gasteiger partial charge >= 0.3 is 0 Å². The first-order chi connectivity index (χ1) is 13.9. The van der Waals surface area contributed by atoms with Crippen molar-refractivity contribution in [1.29, 1.82) is 0 Å². The van der Waals surface area contributed by atoms with Crippen molar-refractivity contribution in [3.8, 4) is 0 Å². The summed E-state index contributed by atoms with van der Waals surface area (Å²) in [7, 11) is -3.56. The van der Waals surface area contributed by atoms with Crippen molar-refractivity contribution in [2.45, 2.75) is 50.0 Å². The van der Waals surface area contributed by atoms with Crippen molar-refractivity contribution >= 4 is 15.9 Å². The molecule has 0 saturated carbocycles. The van der Waals surface area contributed by atoms with E-state index in [-0.39, 0.29) is 29.3 Å². The Morgan fingerprint density at radius 1 is 1.07 bits per heavy atom. The van der Waals surface area contributed by atoms with Crippen LogP contribution in [0.4, 0.5) is 0 Å². The first-order valence-electron chi connectivity index (χ1n) is 10.4. The molecule has 1 N–H and O–H groups in total. The summed E-state index contributed by atoms with van der Waals surface area (Å²) >= 11 is 0. The quantitative estimate of drug-likeness (QED) is 0.818. The maximum atomic E-state index is 12.9. The Morgan fingerprint density at radius 3 is 2.62 bits per heavy atom. The van der Waals surface area contributed by atoms with Crippen LogP contribution in [0.3, 0.4) is 0 Å². The molecule has 0 bridgehead atoms. The van der Waals surface area contributed by atoms with Gasteiger partial charge in [0, 0.05) is 13.1 Å². The maximum Gasteiger partial charge on any atom is 0.243 e. The molecule has 154 valence electrons. The fourth-order valence-electron chi connectivity index (χ4n) is 4.39. The molecule has 4 rings (SSSR count).